The summed E-state index contributed by atoms with van der Waals surface area (Å²) < 4.78 is 5.45. The molecule has 110 valence electrons. The fraction of sp³-hybridized carbons (Fsp3) is 0.750. The molecule has 0 bridgehead atoms. The Balaban J connectivity index is 1.70. The number of carbonyl (C=O) groups excluding carboxylic acids is 3. The molecule has 3 heterocycles. The van der Waals surface area contributed by atoms with Crippen molar-refractivity contribution >= 4 is 17.8 Å². The van der Waals surface area contributed by atoms with Crippen LogP contribution in [0, 0.1) is 0 Å². The average molecular weight is 282 g/mol. The van der Waals surface area contributed by atoms with Gasteiger partial charge in [0.05, 0.1) is 13.2 Å². The number of amides is 4. The summed E-state index contributed by atoms with van der Waals surface area (Å²) in [6.07, 6.45) is 0.733. The maximum Gasteiger partial charge on any atom is 0.322 e. The summed E-state index contributed by atoms with van der Waals surface area (Å²) in [5.41, 5.74) is -0.965. The second-order valence-corrected chi connectivity index (χ2v) is 5.42. The lowest BCUT2D eigenvalue weighted by atomic mass is 9.89. The van der Waals surface area contributed by atoms with Gasteiger partial charge in [0.1, 0.15) is 11.6 Å². The predicted molar refractivity (Wildman–Crippen MR) is 67.8 cm³/mol. The minimum absolute atomic E-state index is 0.120. The first-order chi connectivity index (χ1) is 9.61. The Hall–Kier alpha value is -1.67. The minimum Gasteiger partial charge on any atom is -0.366 e. The van der Waals surface area contributed by atoms with Crippen molar-refractivity contribution in [3.8, 4) is 0 Å². The molecule has 3 aliphatic heterocycles. The van der Waals surface area contributed by atoms with Crippen LogP contribution in [0.1, 0.15) is 12.8 Å². The highest BCUT2D eigenvalue weighted by molar-refractivity contribution is 6.07. The van der Waals surface area contributed by atoms with Gasteiger partial charge in [0, 0.05) is 19.6 Å². The van der Waals surface area contributed by atoms with E-state index in [-0.39, 0.29) is 18.4 Å². The quantitative estimate of drug-likeness (QED) is 0.492. The Morgan fingerprint density at radius 2 is 2.25 bits per heavy atom. The molecule has 0 aromatic heterocycles. The van der Waals surface area contributed by atoms with E-state index in [1.54, 1.807) is 4.90 Å². The molecule has 3 rings (SSSR count). The molecule has 3 saturated heterocycles. The number of nitrogens with zero attached hydrogens (tertiary/aromatic N) is 1. The molecule has 0 radical (unpaired) electrons. The van der Waals surface area contributed by atoms with E-state index < -0.39 is 17.7 Å². The van der Waals surface area contributed by atoms with Crippen LogP contribution in [0.2, 0.25) is 0 Å². The van der Waals surface area contributed by atoms with Crippen LogP contribution in [0.3, 0.4) is 0 Å². The van der Waals surface area contributed by atoms with E-state index in [1.165, 1.54) is 0 Å². The largest absolute Gasteiger partial charge is 0.366 e. The Morgan fingerprint density at radius 3 is 2.90 bits per heavy atom. The number of likely N-dealkylation sites (tertiary alicyclic amines) is 1. The average Bonchev–Trinajstić information content (AvgIpc) is 2.73. The molecule has 1 spiro atoms. The van der Waals surface area contributed by atoms with Crippen LogP contribution >= 0.6 is 0 Å². The minimum atomic E-state index is -0.965. The van der Waals surface area contributed by atoms with Crippen LogP contribution in [0.4, 0.5) is 4.79 Å². The van der Waals surface area contributed by atoms with Crippen LogP contribution in [0.5, 0.6) is 0 Å². The van der Waals surface area contributed by atoms with E-state index >= 15 is 0 Å². The van der Waals surface area contributed by atoms with Crippen LogP contribution in [-0.4, -0.2) is 67.2 Å². The van der Waals surface area contributed by atoms with Gasteiger partial charge in [-0.25, -0.2) is 4.79 Å². The molecule has 3 fully saturated rings. The summed E-state index contributed by atoms with van der Waals surface area (Å²) in [5.74, 6) is -0.465. The number of hydrogen-bond acceptors (Lipinski definition) is 5. The first-order valence-corrected chi connectivity index (χ1v) is 6.85. The van der Waals surface area contributed by atoms with Gasteiger partial charge in [-0.15, -0.1) is 0 Å². The molecule has 8 nitrogen and oxygen atoms in total. The van der Waals surface area contributed by atoms with Crippen molar-refractivity contribution in [1.29, 1.82) is 0 Å². The standard InChI is InChI=1S/C12H18N4O4/c17-9(8-6-13-3-5-20-8)16-4-1-2-12(7-16)10(18)14-11(19)15-12/h8,13H,1-7H2,(H2,14,15,18,19). The van der Waals surface area contributed by atoms with Crippen molar-refractivity contribution < 1.29 is 19.1 Å². The second kappa shape index (κ2) is 5.02. The lowest BCUT2D eigenvalue weighted by Gasteiger charge is -2.39. The first-order valence-electron chi connectivity index (χ1n) is 6.85. The molecule has 0 aliphatic carbocycles. The molecule has 4 amide bonds. The molecule has 0 aromatic carbocycles. The number of morpholine rings is 1. The maximum absolute atomic E-state index is 12.4. The van der Waals surface area contributed by atoms with Crippen molar-refractivity contribution in [3.05, 3.63) is 0 Å². The molecule has 0 aromatic rings. The number of carbonyl (C=O) groups is 3. The highest BCUT2D eigenvalue weighted by Crippen LogP contribution is 2.25. The van der Waals surface area contributed by atoms with E-state index in [1.807, 2.05) is 0 Å². The van der Waals surface area contributed by atoms with Crippen molar-refractivity contribution in [2.24, 2.45) is 0 Å². The van der Waals surface area contributed by atoms with E-state index in [2.05, 4.69) is 16.0 Å². The lowest BCUT2D eigenvalue weighted by Crippen LogP contribution is -2.62. The van der Waals surface area contributed by atoms with Gasteiger partial charge in [-0.3, -0.25) is 14.9 Å². The highest BCUT2D eigenvalue weighted by atomic mass is 16.5. The van der Waals surface area contributed by atoms with Crippen molar-refractivity contribution in [2.45, 2.75) is 24.5 Å². The number of imide groups is 1. The lowest BCUT2D eigenvalue weighted by molar-refractivity contribution is -0.148. The topological polar surface area (TPSA) is 99.8 Å². The van der Waals surface area contributed by atoms with Gasteiger partial charge in [0.25, 0.3) is 11.8 Å². The first kappa shape index (κ1) is 13.3. The molecule has 20 heavy (non-hydrogen) atoms. The predicted octanol–water partition coefficient (Wildman–Crippen LogP) is -1.82. The molecular weight excluding hydrogens is 264 g/mol. The molecule has 8 heteroatoms. The number of rotatable bonds is 1. The third-order valence-electron chi connectivity index (χ3n) is 4.02. The van der Waals surface area contributed by atoms with E-state index in [9.17, 15) is 14.4 Å². The molecule has 2 unspecified atom stereocenters. The van der Waals surface area contributed by atoms with Crippen molar-refractivity contribution in [3.63, 3.8) is 0 Å². The molecule has 3 aliphatic rings. The number of piperidine rings is 1. The van der Waals surface area contributed by atoms with Gasteiger partial charge < -0.3 is 20.3 Å². The van der Waals surface area contributed by atoms with Crippen LogP contribution in [0.25, 0.3) is 0 Å². The highest BCUT2D eigenvalue weighted by Gasteiger charge is 2.50. The number of nitrogens with one attached hydrogen (secondary N) is 3. The molecule has 0 saturated carbocycles. The van der Waals surface area contributed by atoms with Gasteiger partial charge in [0.2, 0.25) is 0 Å². The van der Waals surface area contributed by atoms with Crippen LogP contribution < -0.4 is 16.0 Å². The SMILES string of the molecule is O=C1NC(=O)C2(CCCN(C(=O)C3CNCCO3)C2)N1. The molecule has 3 N–H and O–H groups in total. The van der Waals surface area contributed by atoms with E-state index in [0.717, 1.165) is 6.54 Å². The number of urea groups is 1. The molecular formula is C12H18N4O4. The smallest absolute Gasteiger partial charge is 0.322 e. The Morgan fingerprint density at radius 1 is 1.40 bits per heavy atom. The number of ether oxygens (including phenoxy) is 1. The Bertz CT molecular complexity index is 449. The van der Waals surface area contributed by atoms with Gasteiger partial charge in [-0.1, -0.05) is 0 Å². The van der Waals surface area contributed by atoms with Crippen LogP contribution in [0.15, 0.2) is 0 Å². The van der Waals surface area contributed by atoms with Crippen molar-refractivity contribution in [2.75, 3.05) is 32.8 Å². The summed E-state index contributed by atoms with van der Waals surface area (Å²) in [6, 6.07) is -0.486. The summed E-state index contributed by atoms with van der Waals surface area (Å²) in [6.45, 7) is 2.53. The van der Waals surface area contributed by atoms with E-state index in [0.29, 0.717) is 32.5 Å². The zero-order chi connectivity index (χ0) is 14.2. The Kier molecular flexibility index (Phi) is 3.35. The summed E-state index contributed by atoms with van der Waals surface area (Å²) in [4.78, 5) is 37.3. The summed E-state index contributed by atoms with van der Waals surface area (Å²) in [7, 11) is 0. The third kappa shape index (κ3) is 2.25. The fourth-order valence-corrected chi connectivity index (χ4v) is 2.99. The summed E-state index contributed by atoms with van der Waals surface area (Å²) in [5, 5.41) is 8.01. The zero-order valence-electron chi connectivity index (χ0n) is 11.1. The normalized spacial score (nSPS) is 34.0. The van der Waals surface area contributed by atoms with Gasteiger partial charge >= 0.3 is 6.03 Å². The zero-order valence-corrected chi connectivity index (χ0v) is 11.1. The van der Waals surface area contributed by atoms with Crippen molar-refractivity contribution in [1.82, 2.24) is 20.9 Å². The molecule has 2 atom stereocenters. The number of hydrogen-bond donors (Lipinski definition) is 3. The monoisotopic (exact) mass is 282 g/mol. The van der Waals surface area contributed by atoms with E-state index in [4.69, 9.17) is 4.74 Å². The fourth-order valence-electron chi connectivity index (χ4n) is 2.99. The van der Waals surface area contributed by atoms with Gasteiger partial charge in [-0.2, -0.15) is 0 Å². The maximum atomic E-state index is 12.4. The van der Waals surface area contributed by atoms with Crippen LogP contribution in [-0.2, 0) is 14.3 Å². The second-order valence-electron chi connectivity index (χ2n) is 5.42. The Labute approximate surface area is 116 Å². The van der Waals surface area contributed by atoms with Gasteiger partial charge in [-0.05, 0) is 12.8 Å². The summed E-state index contributed by atoms with van der Waals surface area (Å²) >= 11 is 0. The van der Waals surface area contributed by atoms with Gasteiger partial charge in [0.15, 0.2) is 0 Å². The third-order valence-corrected chi connectivity index (χ3v) is 4.02.